The molecule has 0 spiro atoms. The molecule has 0 aliphatic carbocycles. The highest BCUT2D eigenvalue weighted by Gasteiger charge is 2.28. The second-order valence-electron chi connectivity index (χ2n) is 3.04. The highest BCUT2D eigenvalue weighted by atomic mass is 32.1. The third-order valence-corrected chi connectivity index (χ3v) is 2.79. The lowest BCUT2D eigenvalue weighted by atomic mass is 10.1. The van der Waals surface area contributed by atoms with E-state index in [1.54, 1.807) is 13.1 Å². The van der Waals surface area contributed by atoms with Gasteiger partial charge in [-0.15, -0.1) is 11.3 Å². The van der Waals surface area contributed by atoms with Crippen LogP contribution in [0.4, 0.5) is 13.2 Å². The van der Waals surface area contributed by atoms with Crippen LogP contribution in [0.2, 0.25) is 0 Å². The predicted molar refractivity (Wildman–Crippen MR) is 49.1 cm³/mol. The maximum absolute atomic E-state index is 11.9. The van der Waals surface area contributed by atoms with Crippen LogP contribution in [0.1, 0.15) is 28.8 Å². The third kappa shape index (κ3) is 3.63. The minimum absolute atomic E-state index is 0.0782. The number of hydrogen-bond donors (Lipinski definition) is 1. The van der Waals surface area contributed by atoms with Crippen molar-refractivity contribution in [2.75, 3.05) is 0 Å². The Kier molecular flexibility index (Phi) is 3.49. The van der Waals surface area contributed by atoms with Gasteiger partial charge in [-0.05, 0) is 13.3 Å². The number of rotatable bonds is 3. The first-order valence-electron chi connectivity index (χ1n) is 4.13. The SMILES string of the molecule is Cc1ncc(C(N)CCC(F)(F)F)s1. The molecule has 0 saturated carbocycles. The monoisotopic (exact) mass is 224 g/mol. The van der Waals surface area contributed by atoms with Crippen molar-refractivity contribution >= 4 is 11.3 Å². The van der Waals surface area contributed by atoms with Gasteiger partial charge in [0, 0.05) is 23.5 Å². The summed E-state index contributed by atoms with van der Waals surface area (Å²) in [5, 5.41) is 0.822. The molecule has 1 atom stereocenters. The molecule has 2 N–H and O–H groups in total. The largest absolute Gasteiger partial charge is 0.389 e. The molecule has 0 fully saturated rings. The van der Waals surface area contributed by atoms with Crippen LogP contribution in [-0.2, 0) is 0 Å². The van der Waals surface area contributed by atoms with Crippen LogP contribution in [0.25, 0.3) is 0 Å². The van der Waals surface area contributed by atoms with Crippen molar-refractivity contribution in [1.82, 2.24) is 4.98 Å². The molecule has 6 heteroatoms. The van der Waals surface area contributed by atoms with Gasteiger partial charge >= 0.3 is 6.18 Å². The van der Waals surface area contributed by atoms with Crippen molar-refractivity contribution in [3.05, 3.63) is 16.1 Å². The number of nitrogens with zero attached hydrogens (tertiary/aromatic N) is 1. The van der Waals surface area contributed by atoms with Crippen molar-refractivity contribution in [1.29, 1.82) is 0 Å². The minimum atomic E-state index is -4.13. The quantitative estimate of drug-likeness (QED) is 0.857. The second kappa shape index (κ2) is 4.27. The number of thiazole rings is 1. The van der Waals surface area contributed by atoms with E-state index in [9.17, 15) is 13.2 Å². The molecule has 1 rings (SSSR count). The smallest absolute Gasteiger partial charge is 0.323 e. The van der Waals surface area contributed by atoms with Crippen LogP contribution >= 0.6 is 11.3 Å². The average Bonchev–Trinajstić information content (AvgIpc) is 2.46. The zero-order valence-corrected chi connectivity index (χ0v) is 8.45. The molecule has 1 unspecified atom stereocenters. The summed E-state index contributed by atoms with van der Waals surface area (Å²) >= 11 is 1.34. The number of alkyl halides is 3. The molecule has 0 aliphatic rings. The molecule has 0 bridgehead atoms. The molecular weight excluding hydrogens is 213 g/mol. The molecule has 0 amide bonds. The standard InChI is InChI=1S/C8H11F3N2S/c1-5-13-4-7(14-5)6(12)2-3-8(9,10)11/h4,6H,2-3,12H2,1H3. The van der Waals surface area contributed by atoms with E-state index in [0.29, 0.717) is 4.88 Å². The molecule has 0 saturated heterocycles. The van der Waals surface area contributed by atoms with E-state index in [1.165, 1.54) is 11.3 Å². The molecule has 14 heavy (non-hydrogen) atoms. The summed E-state index contributed by atoms with van der Waals surface area (Å²) in [7, 11) is 0. The molecular formula is C8H11F3N2S. The summed E-state index contributed by atoms with van der Waals surface area (Å²) in [6, 6.07) is -0.553. The van der Waals surface area contributed by atoms with Gasteiger partial charge in [0.25, 0.3) is 0 Å². The lowest BCUT2D eigenvalue weighted by Crippen LogP contribution is -2.14. The van der Waals surface area contributed by atoms with E-state index >= 15 is 0 Å². The fourth-order valence-corrected chi connectivity index (χ4v) is 1.83. The molecule has 2 nitrogen and oxygen atoms in total. The molecule has 0 aromatic carbocycles. The number of halogens is 3. The van der Waals surface area contributed by atoms with Gasteiger partial charge in [-0.3, -0.25) is 0 Å². The molecule has 1 aromatic rings. The molecule has 1 heterocycles. The van der Waals surface area contributed by atoms with E-state index in [4.69, 9.17) is 5.73 Å². The van der Waals surface area contributed by atoms with E-state index in [-0.39, 0.29) is 6.42 Å². The number of nitrogens with two attached hydrogens (primary N) is 1. The van der Waals surface area contributed by atoms with Crippen molar-refractivity contribution in [2.24, 2.45) is 5.73 Å². The molecule has 0 radical (unpaired) electrons. The fourth-order valence-electron chi connectivity index (χ4n) is 1.01. The first kappa shape index (κ1) is 11.5. The lowest BCUT2D eigenvalue weighted by molar-refractivity contribution is -0.136. The topological polar surface area (TPSA) is 38.9 Å². The van der Waals surface area contributed by atoms with Gasteiger partial charge in [0.2, 0.25) is 0 Å². The van der Waals surface area contributed by atoms with Crippen LogP contribution in [0.5, 0.6) is 0 Å². The second-order valence-corrected chi connectivity index (χ2v) is 4.31. The Bertz CT molecular complexity index is 295. The molecule has 0 aliphatic heterocycles. The maximum atomic E-state index is 11.9. The van der Waals surface area contributed by atoms with Gasteiger partial charge in [0.1, 0.15) is 0 Å². The summed E-state index contributed by atoms with van der Waals surface area (Å²) in [5.74, 6) is 0. The van der Waals surface area contributed by atoms with Gasteiger partial charge in [-0.1, -0.05) is 0 Å². The lowest BCUT2D eigenvalue weighted by Gasteiger charge is -2.10. The zero-order valence-electron chi connectivity index (χ0n) is 7.64. The van der Waals surface area contributed by atoms with Gasteiger partial charge in [-0.2, -0.15) is 13.2 Å². The third-order valence-electron chi connectivity index (χ3n) is 1.74. The van der Waals surface area contributed by atoms with Crippen molar-refractivity contribution in [3.8, 4) is 0 Å². The van der Waals surface area contributed by atoms with Gasteiger partial charge in [0.05, 0.1) is 5.01 Å². The summed E-state index contributed by atoms with van der Waals surface area (Å²) < 4.78 is 35.6. The van der Waals surface area contributed by atoms with Gasteiger partial charge < -0.3 is 5.73 Å². The van der Waals surface area contributed by atoms with Gasteiger partial charge in [0.15, 0.2) is 0 Å². The van der Waals surface area contributed by atoms with E-state index in [2.05, 4.69) is 4.98 Å². The highest BCUT2D eigenvalue weighted by Crippen LogP contribution is 2.28. The van der Waals surface area contributed by atoms with Crippen LogP contribution in [0.15, 0.2) is 6.20 Å². The first-order chi connectivity index (χ1) is 6.38. The van der Waals surface area contributed by atoms with E-state index in [0.717, 1.165) is 5.01 Å². The van der Waals surface area contributed by atoms with Crippen LogP contribution < -0.4 is 5.73 Å². The molecule has 1 aromatic heterocycles. The predicted octanol–water partition coefficient (Wildman–Crippen LogP) is 2.79. The Morgan fingerprint density at radius 3 is 2.64 bits per heavy atom. The first-order valence-corrected chi connectivity index (χ1v) is 4.95. The number of hydrogen-bond acceptors (Lipinski definition) is 3. The summed E-state index contributed by atoms with van der Waals surface area (Å²) in [6.07, 6.45) is -3.51. The summed E-state index contributed by atoms with van der Waals surface area (Å²) in [5.41, 5.74) is 5.59. The number of aryl methyl sites for hydroxylation is 1. The molecule has 80 valence electrons. The average molecular weight is 224 g/mol. The van der Waals surface area contributed by atoms with E-state index < -0.39 is 18.6 Å². The summed E-state index contributed by atoms with van der Waals surface area (Å²) in [4.78, 5) is 4.65. The van der Waals surface area contributed by atoms with Crippen molar-refractivity contribution < 1.29 is 13.2 Å². The Labute approximate surface area is 84.0 Å². The van der Waals surface area contributed by atoms with E-state index in [1.807, 2.05) is 0 Å². The Hall–Kier alpha value is -0.620. The maximum Gasteiger partial charge on any atom is 0.389 e. The zero-order chi connectivity index (χ0) is 10.8. The minimum Gasteiger partial charge on any atom is -0.323 e. The highest BCUT2D eigenvalue weighted by molar-refractivity contribution is 7.11. The normalized spacial score (nSPS) is 14.4. The van der Waals surface area contributed by atoms with Crippen LogP contribution in [-0.4, -0.2) is 11.2 Å². The Morgan fingerprint density at radius 1 is 1.57 bits per heavy atom. The Morgan fingerprint density at radius 2 is 2.21 bits per heavy atom. The fraction of sp³-hybridized carbons (Fsp3) is 0.625. The van der Waals surface area contributed by atoms with Crippen molar-refractivity contribution in [3.63, 3.8) is 0 Å². The van der Waals surface area contributed by atoms with Gasteiger partial charge in [-0.25, -0.2) is 4.98 Å². The van der Waals surface area contributed by atoms with Crippen molar-refractivity contribution in [2.45, 2.75) is 32.0 Å². The van der Waals surface area contributed by atoms with Crippen LogP contribution in [0.3, 0.4) is 0 Å². The number of aromatic nitrogens is 1. The van der Waals surface area contributed by atoms with Crippen LogP contribution in [0, 0.1) is 6.92 Å². The Balaban J connectivity index is 2.47. The summed E-state index contributed by atoms with van der Waals surface area (Å²) in [6.45, 7) is 1.80.